The van der Waals surface area contributed by atoms with Gasteiger partial charge in [0.05, 0.1) is 0 Å². The van der Waals surface area contributed by atoms with Crippen molar-refractivity contribution in [2.75, 3.05) is 0 Å². The summed E-state index contributed by atoms with van der Waals surface area (Å²) in [5, 5.41) is 0. The van der Waals surface area contributed by atoms with Gasteiger partial charge in [-0.2, -0.15) is 11.1 Å². The Labute approximate surface area is 64.2 Å². The molecule has 2 heteroatoms. The van der Waals surface area contributed by atoms with E-state index < -0.39 is 8.11 Å². The van der Waals surface area contributed by atoms with Crippen LogP contribution in [-0.2, 0) is 0 Å². The third-order valence-electron chi connectivity index (χ3n) is 1.29. The van der Waals surface area contributed by atoms with Crippen LogP contribution in [-0.4, -0.2) is 8.11 Å². The van der Waals surface area contributed by atoms with Crippen LogP contribution in [0.15, 0.2) is 12.7 Å². The summed E-state index contributed by atoms with van der Waals surface area (Å²) in [5.74, 6) is 0. The Bertz CT molecular complexity index is 73.3. The molecule has 0 aromatic heterocycles. The van der Waals surface area contributed by atoms with Gasteiger partial charge in [0.15, 0.2) is 0 Å². The summed E-state index contributed by atoms with van der Waals surface area (Å²) in [6, 6.07) is 2.35. The molecule has 0 spiro atoms. The van der Waals surface area contributed by atoms with Gasteiger partial charge in [0, 0.05) is 0 Å². The molecule has 0 heterocycles. The van der Waals surface area contributed by atoms with Crippen LogP contribution in [0, 0.1) is 0 Å². The van der Waals surface area contributed by atoms with Crippen LogP contribution in [0.25, 0.3) is 0 Å². The zero-order valence-electron chi connectivity index (χ0n) is 6.07. The minimum Gasteiger partial charge on any atom is -0.171 e. The minimum absolute atomic E-state index is 0.866. The summed E-state index contributed by atoms with van der Waals surface area (Å²) in [4.78, 5) is 0. The SMILES string of the molecule is C=CC[SiH](Cl)CCCC. The minimum atomic E-state index is -0.866. The Morgan fingerprint density at radius 3 is 2.78 bits per heavy atom. The van der Waals surface area contributed by atoms with Crippen molar-refractivity contribution in [2.24, 2.45) is 0 Å². The first-order chi connectivity index (χ1) is 4.31. The molecule has 0 amide bonds. The summed E-state index contributed by atoms with van der Waals surface area (Å²) < 4.78 is 0. The molecular weight excluding hydrogens is 148 g/mol. The van der Waals surface area contributed by atoms with Gasteiger partial charge in [0.25, 0.3) is 0 Å². The quantitative estimate of drug-likeness (QED) is 0.331. The smallest absolute Gasteiger partial charge is 0.144 e. The van der Waals surface area contributed by atoms with E-state index in [2.05, 4.69) is 13.5 Å². The van der Waals surface area contributed by atoms with Crippen LogP contribution in [0.4, 0.5) is 0 Å². The normalized spacial score (nSPS) is 13.1. The molecule has 0 fully saturated rings. The third kappa shape index (κ3) is 6.13. The lowest BCUT2D eigenvalue weighted by molar-refractivity contribution is 0.877. The first kappa shape index (κ1) is 9.25. The van der Waals surface area contributed by atoms with Gasteiger partial charge in [-0.15, -0.1) is 6.58 Å². The highest BCUT2D eigenvalue weighted by Gasteiger charge is 2.01. The molecule has 0 aliphatic heterocycles. The van der Waals surface area contributed by atoms with Crippen molar-refractivity contribution < 1.29 is 0 Å². The molecule has 9 heavy (non-hydrogen) atoms. The van der Waals surface area contributed by atoms with Gasteiger partial charge < -0.3 is 0 Å². The van der Waals surface area contributed by atoms with E-state index >= 15 is 0 Å². The molecule has 0 aromatic rings. The summed E-state index contributed by atoms with van der Waals surface area (Å²) in [7, 11) is -0.866. The zero-order valence-corrected chi connectivity index (χ0v) is 7.98. The Morgan fingerprint density at radius 2 is 2.33 bits per heavy atom. The second-order valence-electron chi connectivity index (χ2n) is 2.26. The van der Waals surface area contributed by atoms with E-state index in [9.17, 15) is 0 Å². The maximum absolute atomic E-state index is 6.03. The Hall–Kier alpha value is 0.247. The van der Waals surface area contributed by atoms with E-state index in [1.54, 1.807) is 0 Å². The van der Waals surface area contributed by atoms with Crippen molar-refractivity contribution in [1.29, 1.82) is 0 Å². The standard InChI is InChI=1S/C7H15ClSi/c1-3-5-7-9(8)6-4-2/h4,9H,2-3,5-7H2,1H3. The third-order valence-corrected chi connectivity index (χ3v) is 4.36. The molecule has 0 bridgehead atoms. The largest absolute Gasteiger partial charge is 0.171 e. The van der Waals surface area contributed by atoms with Gasteiger partial charge in [-0.25, -0.2) is 0 Å². The second kappa shape index (κ2) is 6.37. The van der Waals surface area contributed by atoms with Crippen LogP contribution >= 0.6 is 11.1 Å². The fraction of sp³-hybridized carbons (Fsp3) is 0.714. The number of rotatable bonds is 5. The average molecular weight is 163 g/mol. The summed E-state index contributed by atoms with van der Waals surface area (Å²) in [6.07, 6.45) is 4.52. The van der Waals surface area contributed by atoms with Gasteiger partial charge >= 0.3 is 0 Å². The average Bonchev–Trinajstić information content (AvgIpc) is 1.85. The lowest BCUT2D eigenvalue weighted by Gasteiger charge is -2.00. The molecule has 1 unspecified atom stereocenters. The second-order valence-corrected chi connectivity index (χ2v) is 6.36. The Balaban J connectivity index is 3.04. The predicted molar refractivity (Wildman–Crippen MR) is 47.7 cm³/mol. The highest BCUT2D eigenvalue weighted by atomic mass is 35.6. The Morgan fingerprint density at radius 1 is 1.67 bits per heavy atom. The van der Waals surface area contributed by atoms with Crippen molar-refractivity contribution in [1.82, 2.24) is 0 Å². The molecule has 0 saturated carbocycles. The fourth-order valence-corrected chi connectivity index (χ4v) is 3.01. The lowest BCUT2D eigenvalue weighted by Crippen LogP contribution is -1.99. The number of halogens is 1. The number of hydrogen-bond donors (Lipinski definition) is 0. The molecule has 0 aromatic carbocycles. The van der Waals surface area contributed by atoms with Crippen LogP contribution in [0.2, 0.25) is 12.1 Å². The molecular formula is C7H15ClSi. The highest BCUT2D eigenvalue weighted by Crippen LogP contribution is 2.08. The zero-order chi connectivity index (χ0) is 7.11. The van der Waals surface area contributed by atoms with Crippen molar-refractivity contribution in [3.63, 3.8) is 0 Å². The summed E-state index contributed by atoms with van der Waals surface area (Å²) >= 11 is 6.03. The van der Waals surface area contributed by atoms with Gasteiger partial charge in [0.1, 0.15) is 8.11 Å². The van der Waals surface area contributed by atoms with Gasteiger partial charge in [-0.1, -0.05) is 25.8 Å². The fourth-order valence-electron chi connectivity index (χ4n) is 0.724. The van der Waals surface area contributed by atoms with E-state index in [-0.39, 0.29) is 0 Å². The topological polar surface area (TPSA) is 0 Å². The molecule has 0 aliphatic carbocycles. The van der Waals surface area contributed by atoms with Crippen LogP contribution < -0.4 is 0 Å². The first-order valence-electron chi connectivity index (χ1n) is 3.56. The molecule has 0 nitrogen and oxygen atoms in total. The van der Waals surface area contributed by atoms with Crippen molar-refractivity contribution in [2.45, 2.75) is 31.9 Å². The van der Waals surface area contributed by atoms with Gasteiger partial charge in [0.2, 0.25) is 0 Å². The maximum atomic E-state index is 6.03. The predicted octanol–water partition coefficient (Wildman–Crippen LogP) is 2.94. The Kier molecular flexibility index (Phi) is 6.54. The molecule has 0 N–H and O–H groups in total. The maximum Gasteiger partial charge on any atom is 0.144 e. The molecule has 0 radical (unpaired) electrons. The van der Waals surface area contributed by atoms with E-state index in [1.807, 2.05) is 6.08 Å². The summed E-state index contributed by atoms with van der Waals surface area (Å²) in [6.45, 7) is 5.86. The first-order valence-corrected chi connectivity index (χ1v) is 6.94. The van der Waals surface area contributed by atoms with Crippen LogP contribution in [0.3, 0.4) is 0 Å². The van der Waals surface area contributed by atoms with Crippen molar-refractivity contribution in [3.05, 3.63) is 12.7 Å². The molecule has 1 atom stereocenters. The lowest BCUT2D eigenvalue weighted by atomic mass is 10.4. The van der Waals surface area contributed by atoms with Crippen LogP contribution in [0.1, 0.15) is 19.8 Å². The van der Waals surface area contributed by atoms with E-state index in [0.717, 1.165) is 6.04 Å². The van der Waals surface area contributed by atoms with E-state index in [1.165, 1.54) is 18.9 Å². The molecule has 0 saturated heterocycles. The van der Waals surface area contributed by atoms with Gasteiger partial charge in [-0.3, -0.25) is 0 Å². The number of hydrogen-bond acceptors (Lipinski definition) is 0. The van der Waals surface area contributed by atoms with Gasteiger partial charge in [-0.05, 0) is 12.1 Å². The monoisotopic (exact) mass is 162 g/mol. The van der Waals surface area contributed by atoms with E-state index in [0.29, 0.717) is 0 Å². The molecule has 54 valence electrons. The molecule has 0 aliphatic rings. The molecule has 0 rings (SSSR count). The number of unbranched alkanes of at least 4 members (excludes halogenated alkanes) is 1. The number of allylic oxidation sites excluding steroid dienone is 1. The summed E-state index contributed by atoms with van der Waals surface area (Å²) in [5.41, 5.74) is 0. The highest BCUT2D eigenvalue weighted by molar-refractivity contribution is 7.07. The van der Waals surface area contributed by atoms with Crippen molar-refractivity contribution >= 4 is 19.2 Å². The van der Waals surface area contributed by atoms with Crippen LogP contribution in [0.5, 0.6) is 0 Å². The van der Waals surface area contributed by atoms with E-state index in [4.69, 9.17) is 11.1 Å². The van der Waals surface area contributed by atoms with Crippen molar-refractivity contribution in [3.8, 4) is 0 Å².